The average Bonchev–Trinajstić information content (AvgIpc) is 3.01. The van der Waals surface area contributed by atoms with E-state index in [-0.39, 0.29) is 30.5 Å². The SMILES string of the molecule is COC(=O)NC[C@H]1CN(c2ccc(C3CCS(=O)(=O)CC3)c(F)c2)C(=O)O1. The van der Waals surface area contributed by atoms with Crippen LogP contribution >= 0.6 is 0 Å². The zero-order valence-corrected chi connectivity index (χ0v) is 15.6. The van der Waals surface area contributed by atoms with Crippen LogP contribution in [0.25, 0.3) is 0 Å². The van der Waals surface area contributed by atoms with Crippen molar-refractivity contribution in [2.45, 2.75) is 24.9 Å². The van der Waals surface area contributed by atoms with E-state index in [1.54, 1.807) is 12.1 Å². The molecule has 2 amide bonds. The van der Waals surface area contributed by atoms with Crippen molar-refractivity contribution in [2.75, 3.05) is 36.6 Å². The quantitative estimate of drug-likeness (QED) is 0.827. The van der Waals surface area contributed by atoms with E-state index in [1.807, 2.05) is 0 Å². The molecule has 0 radical (unpaired) electrons. The molecule has 2 fully saturated rings. The summed E-state index contributed by atoms with van der Waals surface area (Å²) in [5.41, 5.74) is 0.815. The number of sulfone groups is 1. The van der Waals surface area contributed by atoms with Gasteiger partial charge in [0.15, 0.2) is 0 Å². The number of cyclic esters (lactones) is 1. The summed E-state index contributed by atoms with van der Waals surface area (Å²) in [6.07, 6.45) is -1.03. The normalized spacial score (nSPS) is 22.4. The summed E-state index contributed by atoms with van der Waals surface area (Å²) in [7, 11) is -1.79. The van der Waals surface area contributed by atoms with Crippen molar-refractivity contribution in [1.82, 2.24) is 5.32 Å². The van der Waals surface area contributed by atoms with Gasteiger partial charge in [-0.1, -0.05) is 6.07 Å². The van der Waals surface area contributed by atoms with Gasteiger partial charge in [0.2, 0.25) is 0 Å². The number of ether oxygens (including phenoxy) is 2. The molecule has 0 bridgehead atoms. The van der Waals surface area contributed by atoms with Crippen LogP contribution in [-0.4, -0.2) is 58.4 Å². The number of nitrogens with zero attached hydrogens (tertiary/aromatic N) is 1. The minimum Gasteiger partial charge on any atom is -0.453 e. The minimum absolute atomic E-state index is 0.0617. The van der Waals surface area contributed by atoms with Crippen molar-refractivity contribution in [2.24, 2.45) is 0 Å². The van der Waals surface area contributed by atoms with Crippen molar-refractivity contribution in [3.63, 3.8) is 0 Å². The lowest BCUT2D eigenvalue weighted by Gasteiger charge is -2.23. The molecule has 2 aliphatic heterocycles. The van der Waals surface area contributed by atoms with Gasteiger partial charge in [0.25, 0.3) is 0 Å². The Morgan fingerprint density at radius 1 is 1.37 bits per heavy atom. The molecule has 3 rings (SSSR count). The number of anilines is 1. The van der Waals surface area contributed by atoms with E-state index in [1.165, 1.54) is 18.1 Å². The molecule has 2 heterocycles. The molecule has 27 heavy (non-hydrogen) atoms. The Bertz CT molecular complexity index is 830. The molecular formula is C17H21FN2O6S. The first kappa shape index (κ1) is 19.4. The Labute approximate surface area is 156 Å². The second-order valence-corrected chi connectivity index (χ2v) is 8.92. The monoisotopic (exact) mass is 400 g/mol. The Balaban J connectivity index is 1.67. The fraction of sp³-hybridized carbons (Fsp3) is 0.529. The molecule has 0 unspecified atom stereocenters. The van der Waals surface area contributed by atoms with E-state index in [9.17, 15) is 22.4 Å². The average molecular weight is 400 g/mol. The molecule has 2 saturated heterocycles. The van der Waals surface area contributed by atoms with Crippen LogP contribution in [0.1, 0.15) is 24.3 Å². The Morgan fingerprint density at radius 3 is 2.70 bits per heavy atom. The molecule has 0 aliphatic carbocycles. The maximum absolute atomic E-state index is 14.6. The summed E-state index contributed by atoms with van der Waals surface area (Å²) in [4.78, 5) is 24.4. The van der Waals surface area contributed by atoms with Gasteiger partial charge < -0.3 is 14.8 Å². The molecular weight excluding hydrogens is 379 g/mol. The third-order valence-electron chi connectivity index (χ3n) is 4.82. The second kappa shape index (κ2) is 7.71. The van der Waals surface area contributed by atoms with Gasteiger partial charge in [-0.2, -0.15) is 0 Å². The maximum atomic E-state index is 14.6. The summed E-state index contributed by atoms with van der Waals surface area (Å²) in [5, 5.41) is 2.45. The number of benzene rings is 1. The van der Waals surface area contributed by atoms with Crippen molar-refractivity contribution >= 4 is 27.7 Å². The highest BCUT2D eigenvalue weighted by molar-refractivity contribution is 7.91. The highest BCUT2D eigenvalue weighted by Gasteiger charge is 2.33. The number of nitrogens with one attached hydrogen (secondary N) is 1. The first-order chi connectivity index (χ1) is 12.8. The van der Waals surface area contributed by atoms with E-state index in [0.717, 1.165) is 0 Å². The summed E-state index contributed by atoms with van der Waals surface area (Å²) in [5.74, 6) is -0.496. The zero-order valence-electron chi connectivity index (χ0n) is 14.8. The highest BCUT2D eigenvalue weighted by atomic mass is 32.2. The molecule has 2 aliphatic rings. The van der Waals surface area contributed by atoms with Crippen LogP contribution < -0.4 is 10.2 Å². The standard InChI is InChI=1S/C17H21FN2O6S/c1-25-16(21)19-9-13-10-20(17(22)26-13)12-2-3-14(15(18)8-12)11-4-6-27(23,24)7-5-11/h2-3,8,11,13H,4-7,9-10H2,1H3,(H,19,21)/t13-/m0/s1. The second-order valence-electron chi connectivity index (χ2n) is 6.62. The number of hydrogen-bond acceptors (Lipinski definition) is 6. The number of carbonyl (C=O) groups is 2. The van der Waals surface area contributed by atoms with Gasteiger partial charge in [-0.15, -0.1) is 0 Å². The lowest BCUT2D eigenvalue weighted by molar-refractivity contribution is 0.132. The molecule has 0 aromatic heterocycles. The van der Waals surface area contributed by atoms with Crippen molar-refractivity contribution in [3.05, 3.63) is 29.6 Å². The van der Waals surface area contributed by atoms with E-state index in [2.05, 4.69) is 10.1 Å². The number of rotatable bonds is 4. The van der Waals surface area contributed by atoms with Gasteiger partial charge in [0.1, 0.15) is 21.8 Å². The molecule has 10 heteroatoms. The smallest absolute Gasteiger partial charge is 0.414 e. The third kappa shape index (κ3) is 4.49. The molecule has 0 saturated carbocycles. The highest BCUT2D eigenvalue weighted by Crippen LogP contribution is 2.33. The summed E-state index contributed by atoms with van der Waals surface area (Å²) in [6.45, 7) is 0.259. The van der Waals surface area contributed by atoms with Gasteiger partial charge in [0, 0.05) is 0 Å². The van der Waals surface area contributed by atoms with Crippen LogP contribution in [0.4, 0.5) is 19.7 Å². The van der Waals surface area contributed by atoms with Crippen molar-refractivity contribution in [3.8, 4) is 0 Å². The van der Waals surface area contributed by atoms with Crippen LogP contribution in [0.5, 0.6) is 0 Å². The van der Waals surface area contributed by atoms with Crippen molar-refractivity contribution in [1.29, 1.82) is 0 Å². The van der Waals surface area contributed by atoms with E-state index in [4.69, 9.17) is 4.74 Å². The molecule has 1 aromatic carbocycles. The lowest BCUT2D eigenvalue weighted by Crippen LogP contribution is -2.34. The largest absolute Gasteiger partial charge is 0.453 e. The predicted octanol–water partition coefficient (Wildman–Crippen LogP) is 1.80. The number of amides is 2. The van der Waals surface area contributed by atoms with Crippen LogP contribution in [0, 0.1) is 5.82 Å². The Hall–Kier alpha value is -2.36. The first-order valence-electron chi connectivity index (χ1n) is 8.59. The van der Waals surface area contributed by atoms with E-state index >= 15 is 0 Å². The molecule has 1 atom stereocenters. The summed E-state index contributed by atoms with van der Waals surface area (Å²) < 4.78 is 47.3. The third-order valence-corrected chi connectivity index (χ3v) is 6.54. The fourth-order valence-corrected chi connectivity index (χ4v) is 4.82. The number of alkyl carbamates (subject to hydrolysis) is 1. The zero-order chi connectivity index (χ0) is 19.6. The van der Waals surface area contributed by atoms with Crippen LogP contribution in [-0.2, 0) is 19.3 Å². The van der Waals surface area contributed by atoms with Crippen LogP contribution in [0.15, 0.2) is 18.2 Å². The minimum atomic E-state index is -3.02. The van der Waals surface area contributed by atoms with Crippen molar-refractivity contribution < 1.29 is 31.9 Å². The number of hydrogen-bond donors (Lipinski definition) is 1. The summed E-state index contributed by atoms with van der Waals surface area (Å²) >= 11 is 0. The van der Waals surface area contributed by atoms with E-state index < -0.39 is 33.9 Å². The summed E-state index contributed by atoms with van der Waals surface area (Å²) in [6, 6.07) is 4.48. The molecule has 1 aromatic rings. The van der Waals surface area contributed by atoms with Gasteiger partial charge >= 0.3 is 12.2 Å². The Morgan fingerprint density at radius 2 is 2.07 bits per heavy atom. The lowest BCUT2D eigenvalue weighted by atomic mass is 9.93. The topological polar surface area (TPSA) is 102 Å². The molecule has 8 nitrogen and oxygen atoms in total. The number of methoxy groups -OCH3 is 1. The Kier molecular flexibility index (Phi) is 5.54. The van der Waals surface area contributed by atoms with Gasteiger partial charge in [-0.05, 0) is 36.5 Å². The predicted molar refractivity (Wildman–Crippen MR) is 95.1 cm³/mol. The number of halogens is 1. The van der Waals surface area contributed by atoms with E-state index in [0.29, 0.717) is 24.1 Å². The van der Waals surface area contributed by atoms with Crippen LogP contribution in [0.3, 0.4) is 0 Å². The molecule has 148 valence electrons. The molecule has 1 N–H and O–H groups in total. The van der Waals surface area contributed by atoms with Gasteiger partial charge in [-0.25, -0.2) is 22.4 Å². The van der Waals surface area contributed by atoms with Crippen LogP contribution in [0.2, 0.25) is 0 Å². The fourth-order valence-electron chi connectivity index (χ4n) is 3.32. The van der Waals surface area contributed by atoms with Gasteiger partial charge in [0.05, 0.1) is 37.4 Å². The first-order valence-corrected chi connectivity index (χ1v) is 10.4. The maximum Gasteiger partial charge on any atom is 0.414 e. The van der Waals surface area contributed by atoms with Gasteiger partial charge in [-0.3, -0.25) is 4.90 Å². The number of carbonyl (C=O) groups excluding carboxylic acids is 2. The molecule has 0 spiro atoms.